The van der Waals surface area contributed by atoms with Gasteiger partial charge in [-0.3, -0.25) is 4.79 Å². The van der Waals surface area contributed by atoms with E-state index in [0.717, 1.165) is 22.1 Å². The highest BCUT2D eigenvalue weighted by Crippen LogP contribution is 2.24. The number of hydrogen-bond donors (Lipinski definition) is 1. The summed E-state index contributed by atoms with van der Waals surface area (Å²) in [6, 6.07) is 5.57. The third-order valence-electron chi connectivity index (χ3n) is 2.50. The first-order valence-corrected chi connectivity index (χ1v) is 8.89. The van der Waals surface area contributed by atoms with E-state index in [1.807, 2.05) is 19.1 Å². The molecule has 2 aromatic rings. The lowest BCUT2D eigenvalue weighted by atomic mass is 10.2. The van der Waals surface area contributed by atoms with E-state index in [1.165, 1.54) is 11.3 Å². The summed E-state index contributed by atoms with van der Waals surface area (Å²) in [5, 5.41) is 12.9. The number of aromatic nitrogens is 2. The monoisotopic (exact) mass is 361 g/mol. The Hall–Kier alpha value is -0.820. The van der Waals surface area contributed by atoms with Gasteiger partial charge in [-0.05, 0) is 24.6 Å². The van der Waals surface area contributed by atoms with Crippen LogP contribution in [0.25, 0.3) is 0 Å². The van der Waals surface area contributed by atoms with E-state index in [0.29, 0.717) is 21.6 Å². The van der Waals surface area contributed by atoms with Crippen molar-refractivity contribution in [3.8, 4) is 0 Å². The number of aryl methyl sites for hydroxylation is 1. The first-order valence-electron chi connectivity index (χ1n) is 6.16. The highest BCUT2D eigenvalue weighted by molar-refractivity contribution is 7.98. The predicted molar refractivity (Wildman–Crippen MR) is 90.5 cm³/mol. The van der Waals surface area contributed by atoms with Crippen LogP contribution >= 0.6 is 46.3 Å². The van der Waals surface area contributed by atoms with E-state index >= 15 is 0 Å². The third kappa shape index (κ3) is 5.47. The summed E-state index contributed by atoms with van der Waals surface area (Å²) in [4.78, 5) is 11.7. The molecule has 0 atom stereocenters. The Balaban J connectivity index is 1.69. The molecule has 4 nitrogen and oxygen atoms in total. The largest absolute Gasteiger partial charge is 0.301 e. The Kier molecular flexibility index (Phi) is 6.29. The Morgan fingerprint density at radius 2 is 2.14 bits per heavy atom. The Labute approximate surface area is 141 Å². The summed E-state index contributed by atoms with van der Waals surface area (Å²) in [5.41, 5.74) is 1.09. The van der Waals surface area contributed by atoms with Gasteiger partial charge in [0, 0.05) is 17.9 Å². The van der Waals surface area contributed by atoms with Gasteiger partial charge in [0.15, 0.2) is 0 Å². The van der Waals surface area contributed by atoms with Crippen molar-refractivity contribution in [3.05, 3.63) is 38.8 Å². The minimum atomic E-state index is -0.0483. The van der Waals surface area contributed by atoms with E-state index in [4.69, 9.17) is 23.2 Å². The molecule has 0 aliphatic rings. The second kappa shape index (κ2) is 7.98. The van der Waals surface area contributed by atoms with Crippen molar-refractivity contribution >= 4 is 57.3 Å². The molecule has 0 saturated carbocycles. The van der Waals surface area contributed by atoms with Crippen LogP contribution in [0.3, 0.4) is 0 Å². The molecule has 1 amide bonds. The molecule has 1 aromatic heterocycles. The molecular weight excluding hydrogens is 349 g/mol. The van der Waals surface area contributed by atoms with Gasteiger partial charge in [0.2, 0.25) is 11.0 Å². The van der Waals surface area contributed by atoms with Crippen molar-refractivity contribution in [2.45, 2.75) is 19.1 Å². The van der Waals surface area contributed by atoms with E-state index < -0.39 is 0 Å². The lowest BCUT2D eigenvalue weighted by molar-refractivity contribution is -0.115. The van der Waals surface area contributed by atoms with Crippen LogP contribution in [0.4, 0.5) is 5.13 Å². The van der Waals surface area contributed by atoms with E-state index in [2.05, 4.69) is 15.5 Å². The zero-order chi connectivity index (χ0) is 15.2. The molecule has 0 unspecified atom stereocenters. The highest BCUT2D eigenvalue weighted by Gasteiger charge is 2.06. The number of amides is 1. The number of anilines is 1. The maximum absolute atomic E-state index is 11.7. The first kappa shape index (κ1) is 16.5. The lowest BCUT2D eigenvalue weighted by Gasteiger charge is -2.04. The normalized spacial score (nSPS) is 10.6. The second-order valence-corrected chi connectivity index (χ2v) is 7.33. The highest BCUT2D eigenvalue weighted by atomic mass is 35.5. The van der Waals surface area contributed by atoms with Crippen LogP contribution in [0.5, 0.6) is 0 Å². The Morgan fingerprint density at radius 1 is 1.33 bits per heavy atom. The van der Waals surface area contributed by atoms with Crippen LogP contribution < -0.4 is 5.32 Å². The molecule has 0 spiro atoms. The molecule has 0 aliphatic carbocycles. The number of carbonyl (C=O) groups is 1. The quantitative estimate of drug-likeness (QED) is 0.773. The van der Waals surface area contributed by atoms with Crippen molar-refractivity contribution in [3.63, 3.8) is 0 Å². The van der Waals surface area contributed by atoms with Crippen LogP contribution in [-0.2, 0) is 10.5 Å². The van der Waals surface area contributed by atoms with Crippen LogP contribution in [0.15, 0.2) is 18.2 Å². The van der Waals surface area contributed by atoms with Gasteiger partial charge in [-0.15, -0.1) is 10.2 Å². The molecule has 0 fully saturated rings. The van der Waals surface area contributed by atoms with Gasteiger partial charge in [0.25, 0.3) is 0 Å². The van der Waals surface area contributed by atoms with E-state index in [1.54, 1.807) is 17.8 Å². The molecule has 1 aromatic carbocycles. The molecule has 112 valence electrons. The summed E-state index contributed by atoms with van der Waals surface area (Å²) in [6.07, 6.45) is 0.435. The number of carbonyl (C=O) groups excluding carboxylic acids is 1. The molecule has 2 rings (SSSR count). The van der Waals surface area contributed by atoms with Gasteiger partial charge in [-0.1, -0.05) is 40.6 Å². The van der Waals surface area contributed by atoms with Gasteiger partial charge >= 0.3 is 0 Å². The maximum Gasteiger partial charge on any atom is 0.227 e. The average Bonchev–Trinajstić information content (AvgIpc) is 2.84. The number of hydrogen-bond acceptors (Lipinski definition) is 5. The summed E-state index contributed by atoms with van der Waals surface area (Å²) in [5.74, 6) is 1.47. The molecule has 1 heterocycles. The fourth-order valence-electron chi connectivity index (χ4n) is 1.51. The van der Waals surface area contributed by atoms with Gasteiger partial charge in [-0.25, -0.2) is 0 Å². The topological polar surface area (TPSA) is 54.9 Å². The van der Waals surface area contributed by atoms with Crippen molar-refractivity contribution in [1.29, 1.82) is 0 Å². The van der Waals surface area contributed by atoms with Crippen LogP contribution in [0.1, 0.15) is 17.0 Å². The molecule has 21 heavy (non-hydrogen) atoms. The van der Waals surface area contributed by atoms with E-state index in [-0.39, 0.29) is 5.91 Å². The van der Waals surface area contributed by atoms with Crippen LogP contribution in [-0.4, -0.2) is 21.9 Å². The smallest absolute Gasteiger partial charge is 0.227 e. The summed E-state index contributed by atoms with van der Waals surface area (Å²) >= 11 is 14.8. The molecule has 0 radical (unpaired) electrons. The van der Waals surface area contributed by atoms with Crippen molar-refractivity contribution in [2.75, 3.05) is 11.1 Å². The van der Waals surface area contributed by atoms with Crippen LogP contribution in [0.2, 0.25) is 10.0 Å². The third-order valence-corrected chi connectivity index (χ3v) is 5.02. The van der Waals surface area contributed by atoms with Crippen LogP contribution in [0, 0.1) is 6.92 Å². The SMILES string of the molecule is Cc1nnc(NC(=O)CCSCc2ccc(Cl)c(Cl)c2)s1. The number of halogens is 2. The van der Waals surface area contributed by atoms with Gasteiger partial charge in [0.05, 0.1) is 10.0 Å². The fourth-order valence-corrected chi connectivity index (χ4v) is 3.33. The second-order valence-electron chi connectivity index (χ2n) is 4.23. The molecule has 8 heteroatoms. The first-order chi connectivity index (χ1) is 10.0. The van der Waals surface area contributed by atoms with Gasteiger partial charge in [0.1, 0.15) is 5.01 Å². The molecule has 1 N–H and O–H groups in total. The zero-order valence-corrected chi connectivity index (χ0v) is 14.4. The van der Waals surface area contributed by atoms with Gasteiger partial charge in [-0.2, -0.15) is 11.8 Å². The number of thioether (sulfide) groups is 1. The van der Waals surface area contributed by atoms with Crippen molar-refractivity contribution in [1.82, 2.24) is 10.2 Å². The number of benzene rings is 1. The van der Waals surface area contributed by atoms with Crippen molar-refractivity contribution < 1.29 is 4.79 Å². The lowest BCUT2D eigenvalue weighted by Crippen LogP contribution is -2.12. The molecular formula is C13H13Cl2N3OS2. The Bertz CT molecular complexity index is 634. The maximum atomic E-state index is 11.7. The standard InChI is InChI=1S/C13H13Cl2N3OS2/c1-8-17-18-13(21-8)16-12(19)4-5-20-7-9-2-3-10(14)11(15)6-9/h2-3,6H,4-5,7H2,1H3,(H,16,18,19). The van der Waals surface area contributed by atoms with E-state index in [9.17, 15) is 4.79 Å². The molecule has 0 bridgehead atoms. The average molecular weight is 362 g/mol. The number of nitrogens with zero attached hydrogens (tertiary/aromatic N) is 2. The number of rotatable bonds is 6. The summed E-state index contributed by atoms with van der Waals surface area (Å²) < 4.78 is 0. The minimum absolute atomic E-state index is 0.0483. The summed E-state index contributed by atoms with van der Waals surface area (Å²) in [7, 11) is 0. The zero-order valence-electron chi connectivity index (χ0n) is 11.2. The predicted octanol–water partition coefficient (Wildman–Crippen LogP) is 4.42. The number of nitrogens with one attached hydrogen (secondary N) is 1. The van der Waals surface area contributed by atoms with Gasteiger partial charge < -0.3 is 5.32 Å². The molecule has 0 aliphatic heterocycles. The fraction of sp³-hybridized carbons (Fsp3) is 0.308. The van der Waals surface area contributed by atoms with Crippen molar-refractivity contribution in [2.24, 2.45) is 0 Å². The summed E-state index contributed by atoms with van der Waals surface area (Å²) in [6.45, 7) is 1.85. The minimum Gasteiger partial charge on any atom is -0.301 e. The molecule has 0 saturated heterocycles. The Morgan fingerprint density at radius 3 is 2.81 bits per heavy atom.